The van der Waals surface area contributed by atoms with Crippen LogP contribution in [-0.2, 0) is 27.9 Å². The molecule has 0 radical (unpaired) electrons. The van der Waals surface area contributed by atoms with Crippen LogP contribution in [0.2, 0.25) is 0 Å². The largest absolute Gasteiger partial charge is 0.351 e. The molecule has 0 heterocycles. The van der Waals surface area contributed by atoms with Gasteiger partial charge in [0.1, 0.15) is 5.82 Å². The summed E-state index contributed by atoms with van der Waals surface area (Å²) in [6.07, 6.45) is 0. The van der Waals surface area contributed by atoms with Crippen molar-refractivity contribution in [2.45, 2.75) is 24.9 Å². The summed E-state index contributed by atoms with van der Waals surface area (Å²) in [4.78, 5) is 12.5. The number of carbonyl (C=O) groups is 1. The van der Waals surface area contributed by atoms with Crippen molar-refractivity contribution < 1.29 is 17.6 Å². The smallest absolute Gasteiger partial charge is 0.243 e. The number of aryl methyl sites for hydroxylation is 1. The van der Waals surface area contributed by atoms with E-state index in [9.17, 15) is 17.6 Å². The summed E-state index contributed by atoms with van der Waals surface area (Å²) in [5, 5.41) is 2.76. The molecule has 0 unspecified atom stereocenters. The second-order valence-electron chi connectivity index (χ2n) is 6.97. The van der Waals surface area contributed by atoms with E-state index in [1.165, 1.54) is 12.1 Å². The second kappa shape index (κ2) is 9.65. The average molecular weight is 427 g/mol. The number of nitrogens with one attached hydrogen (secondary N) is 1. The lowest BCUT2D eigenvalue weighted by Crippen LogP contribution is -2.40. The van der Waals surface area contributed by atoms with Crippen LogP contribution in [0, 0.1) is 12.7 Å². The Balaban J connectivity index is 1.77. The van der Waals surface area contributed by atoms with E-state index in [2.05, 4.69) is 5.32 Å². The third kappa shape index (κ3) is 5.75. The van der Waals surface area contributed by atoms with Gasteiger partial charge in [0, 0.05) is 13.1 Å². The molecule has 0 aliphatic carbocycles. The molecule has 1 amide bonds. The number of nitrogens with zero attached hydrogens (tertiary/aromatic N) is 1. The molecule has 3 aromatic carbocycles. The van der Waals surface area contributed by atoms with Gasteiger partial charge in [-0.2, -0.15) is 4.31 Å². The quantitative estimate of drug-likeness (QED) is 0.598. The van der Waals surface area contributed by atoms with Crippen molar-refractivity contribution in [1.29, 1.82) is 0 Å². The minimum absolute atomic E-state index is 0.0263. The van der Waals surface area contributed by atoms with Crippen molar-refractivity contribution in [2.24, 2.45) is 0 Å². The topological polar surface area (TPSA) is 66.5 Å². The van der Waals surface area contributed by atoms with E-state index in [4.69, 9.17) is 0 Å². The molecule has 3 aromatic rings. The summed E-state index contributed by atoms with van der Waals surface area (Å²) in [6, 6.07) is 21.3. The van der Waals surface area contributed by atoms with Crippen molar-refractivity contribution in [2.75, 3.05) is 6.54 Å². The number of halogens is 1. The van der Waals surface area contributed by atoms with Gasteiger partial charge in [0.05, 0.1) is 11.4 Å². The van der Waals surface area contributed by atoms with Crippen LogP contribution in [0.25, 0.3) is 0 Å². The first-order chi connectivity index (χ1) is 14.3. The van der Waals surface area contributed by atoms with Gasteiger partial charge >= 0.3 is 0 Å². The lowest BCUT2D eigenvalue weighted by Gasteiger charge is -2.22. The zero-order valence-electron chi connectivity index (χ0n) is 16.6. The fourth-order valence-corrected chi connectivity index (χ4v) is 4.28. The third-order valence-electron chi connectivity index (χ3n) is 4.58. The number of benzene rings is 3. The van der Waals surface area contributed by atoms with E-state index < -0.39 is 21.7 Å². The number of rotatable bonds is 8. The summed E-state index contributed by atoms with van der Waals surface area (Å²) >= 11 is 0. The van der Waals surface area contributed by atoms with Crippen LogP contribution in [0.5, 0.6) is 0 Å². The molecule has 1 N–H and O–H groups in total. The first-order valence-electron chi connectivity index (χ1n) is 9.46. The van der Waals surface area contributed by atoms with Crippen LogP contribution in [0.3, 0.4) is 0 Å². The summed E-state index contributed by atoms with van der Waals surface area (Å²) in [5.74, 6) is -0.948. The number of hydrogen-bond acceptors (Lipinski definition) is 3. The Morgan fingerprint density at radius 1 is 0.900 bits per heavy atom. The fraction of sp³-hybridized carbons (Fsp3) is 0.174. The molecule has 0 aliphatic heterocycles. The van der Waals surface area contributed by atoms with Gasteiger partial charge in [-0.15, -0.1) is 0 Å². The Labute approximate surface area is 176 Å². The van der Waals surface area contributed by atoms with Crippen LogP contribution < -0.4 is 5.32 Å². The maximum absolute atomic E-state index is 13.2. The maximum atomic E-state index is 13.2. The van der Waals surface area contributed by atoms with E-state index in [-0.39, 0.29) is 18.0 Å². The SMILES string of the molecule is Cc1ccc(CNC(=O)CN(Cc2ccccc2)S(=O)(=O)c2ccc(F)cc2)cc1. The molecule has 0 spiro atoms. The molecule has 0 saturated heterocycles. The summed E-state index contributed by atoms with van der Waals surface area (Å²) in [5.41, 5.74) is 2.78. The van der Waals surface area contributed by atoms with Gasteiger partial charge in [-0.1, -0.05) is 60.2 Å². The second-order valence-corrected chi connectivity index (χ2v) is 8.91. The highest BCUT2D eigenvalue weighted by molar-refractivity contribution is 7.89. The van der Waals surface area contributed by atoms with Crippen molar-refractivity contribution >= 4 is 15.9 Å². The van der Waals surface area contributed by atoms with E-state index in [0.29, 0.717) is 6.54 Å². The van der Waals surface area contributed by atoms with Crippen LogP contribution in [0.1, 0.15) is 16.7 Å². The third-order valence-corrected chi connectivity index (χ3v) is 6.39. The number of carbonyl (C=O) groups excluding carboxylic acids is 1. The van der Waals surface area contributed by atoms with Gasteiger partial charge in [-0.05, 0) is 42.3 Å². The van der Waals surface area contributed by atoms with E-state index in [1.54, 1.807) is 24.3 Å². The average Bonchev–Trinajstić information content (AvgIpc) is 2.74. The summed E-state index contributed by atoms with van der Waals surface area (Å²) in [6.45, 7) is 1.96. The molecule has 3 rings (SSSR count). The van der Waals surface area contributed by atoms with E-state index in [0.717, 1.165) is 33.1 Å². The Bertz CT molecular complexity index is 1080. The monoisotopic (exact) mass is 426 g/mol. The number of amides is 1. The Kier molecular flexibility index (Phi) is 6.97. The Morgan fingerprint density at radius 3 is 2.17 bits per heavy atom. The van der Waals surface area contributed by atoms with Crippen molar-refractivity contribution in [1.82, 2.24) is 9.62 Å². The molecule has 7 heteroatoms. The standard InChI is InChI=1S/C23H23FN2O3S/c1-18-7-9-19(10-8-18)15-25-23(27)17-26(16-20-5-3-2-4-6-20)30(28,29)22-13-11-21(24)12-14-22/h2-14H,15-17H2,1H3,(H,25,27). The minimum atomic E-state index is -3.99. The van der Waals surface area contributed by atoms with Gasteiger partial charge in [0.15, 0.2) is 0 Å². The zero-order chi connectivity index (χ0) is 21.6. The molecule has 0 aromatic heterocycles. The molecule has 5 nitrogen and oxygen atoms in total. The molecule has 0 aliphatic rings. The predicted octanol–water partition coefficient (Wildman–Crippen LogP) is 3.64. The summed E-state index contributed by atoms with van der Waals surface area (Å²) < 4.78 is 40.6. The Hall–Kier alpha value is -3.03. The minimum Gasteiger partial charge on any atom is -0.351 e. The first kappa shape index (κ1) is 21.7. The fourth-order valence-electron chi connectivity index (χ4n) is 2.89. The van der Waals surface area contributed by atoms with Gasteiger partial charge in [-0.3, -0.25) is 4.79 Å². The number of hydrogen-bond donors (Lipinski definition) is 1. The van der Waals surface area contributed by atoms with Gasteiger partial charge in [0.25, 0.3) is 0 Å². The molecule has 0 atom stereocenters. The first-order valence-corrected chi connectivity index (χ1v) is 10.9. The molecule has 0 bridgehead atoms. The van der Waals surface area contributed by atoms with Crippen LogP contribution >= 0.6 is 0 Å². The van der Waals surface area contributed by atoms with E-state index in [1.807, 2.05) is 37.3 Å². The van der Waals surface area contributed by atoms with Crippen LogP contribution in [0.4, 0.5) is 4.39 Å². The molecular formula is C23H23FN2O3S. The molecule has 156 valence electrons. The lowest BCUT2D eigenvalue weighted by molar-refractivity contribution is -0.121. The normalized spacial score (nSPS) is 11.4. The van der Waals surface area contributed by atoms with Crippen LogP contribution in [0.15, 0.2) is 83.8 Å². The predicted molar refractivity (Wildman–Crippen MR) is 113 cm³/mol. The van der Waals surface area contributed by atoms with Gasteiger partial charge in [-0.25, -0.2) is 12.8 Å². The zero-order valence-corrected chi connectivity index (χ0v) is 17.4. The molecule has 0 saturated carbocycles. The van der Waals surface area contributed by atoms with Gasteiger partial charge in [0.2, 0.25) is 15.9 Å². The van der Waals surface area contributed by atoms with Crippen molar-refractivity contribution in [3.05, 3.63) is 101 Å². The Morgan fingerprint density at radius 2 is 1.53 bits per heavy atom. The van der Waals surface area contributed by atoms with Crippen LogP contribution in [-0.4, -0.2) is 25.2 Å². The van der Waals surface area contributed by atoms with Crippen molar-refractivity contribution in [3.63, 3.8) is 0 Å². The summed E-state index contributed by atoms with van der Waals surface area (Å²) in [7, 11) is -3.99. The molecule has 30 heavy (non-hydrogen) atoms. The van der Waals surface area contributed by atoms with E-state index >= 15 is 0 Å². The maximum Gasteiger partial charge on any atom is 0.243 e. The molecular weight excluding hydrogens is 403 g/mol. The highest BCUT2D eigenvalue weighted by atomic mass is 32.2. The van der Waals surface area contributed by atoms with Gasteiger partial charge < -0.3 is 5.32 Å². The number of sulfonamides is 1. The molecule has 0 fully saturated rings. The highest BCUT2D eigenvalue weighted by Gasteiger charge is 2.27. The van der Waals surface area contributed by atoms with Crippen molar-refractivity contribution in [3.8, 4) is 0 Å². The highest BCUT2D eigenvalue weighted by Crippen LogP contribution is 2.19. The lowest BCUT2D eigenvalue weighted by atomic mass is 10.1.